The molecule has 1 heterocycles. The molecule has 0 saturated heterocycles. The van der Waals surface area contributed by atoms with E-state index in [9.17, 15) is 18.0 Å². The second-order valence-corrected chi connectivity index (χ2v) is 11.3. The van der Waals surface area contributed by atoms with Gasteiger partial charge in [0.05, 0.1) is 11.9 Å². The number of ether oxygens (including phenoxy) is 2. The summed E-state index contributed by atoms with van der Waals surface area (Å²) in [7, 11) is -3.60. The molecule has 208 valence electrons. The number of anilines is 1. The van der Waals surface area contributed by atoms with Crippen LogP contribution in [0.25, 0.3) is 0 Å². The lowest BCUT2D eigenvalue weighted by Crippen LogP contribution is -2.50. The molecule has 1 atom stereocenters. The Morgan fingerprint density at radius 2 is 1.74 bits per heavy atom. The molecule has 0 saturated carbocycles. The van der Waals surface area contributed by atoms with Gasteiger partial charge >= 0.3 is 0 Å². The third kappa shape index (κ3) is 8.11. The molecule has 38 heavy (non-hydrogen) atoms. The van der Waals surface area contributed by atoms with Crippen LogP contribution >= 0.6 is 0 Å². The van der Waals surface area contributed by atoms with Gasteiger partial charge in [0, 0.05) is 32.1 Å². The fourth-order valence-electron chi connectivity index (χ4n) is 4.45. The molecule has 1 unspecified atom stereocenters. The Hall–Kier alpha value is -3.27. The highest BCUT2D eigenvalue weighted by Gasteiger charge is 2.28. The minimum absolute atomic E-state index is 0.0929. The predicted octanol–water partition coefficient (Wildman–Crippen LogP) is 3.73. The van der Waals surface area contributed by atoms with Crippen molar-refractivity contribution in [3.05, 3.63) is 54.1 Å². The number of hydrogen-bond acceptors (Lipinski definition) is 6. The van der Waals surface area contributed by atoms with Crippen LogP contribution in [0.2, 0.25) is 0 Å². The van der Waals surface area contributed by atoms with E-state index in [4.69, 9.17) is 9.47 Å². The normalized spacial score (nSPS) is 13.1. The molecule has 0 aliphatic carbocycles. The first-order chi connectivity index (χ1) is 18.2. The van der Waals surface area contributed by atoms with E-state index in [1.165, 1.54) is 4.31 Å². The first kappa shape index (κ1) is 29.3. The van der Waals surface area contributed by atoms with Gasteiger partial charge < -0.3 is 19.7 Å². The Labute approximate surface area is 226 Å². The van der Waals surface area contributed by atoms with Gasteiger partial charge in [0.25, 0.3) is 0 Å². The molecule has 2 amide bonds. The van der Waals surface area contributed by atoms with E-state index in [-0.39, 0.29) is 31.6 Å². The summed E-state index contributed by atoms with van der Waals surface area (Å²) in [4.78, 5) is 28.1. The van der Waals surface area contributed by atoms with E-state index in [1.807, 2.05) is 37.3 Å². The summed E-state index contributed by atoms with van der Waals surface area (Å²) in [6.07, 6.45) is 4.51. The monoisotopic (exact) mass is 545 g/mol. The Morgan fingerprint density at radius 1 is 1.00 bits per heavy atom. The van der Waals surface area contributed by atoms with Crippen LogP contribution in [0.5, 0.6) is 11.5 Å². The van der Waals surface area contributed by atoms with Gasteiger partial charge in [-0.25, -0.2) is 8.42 Å². The zero-order chi connectivity index (χ0) is 27.5. The second-order valence-electron chi connectivity index (χ2n) is 9.37. The maximum atomic E-state index is 13.5. The van der Waals surface area contributed by atoms with Gasteiger partial charge in [-0.2, -0.15) is 0 Å². The average Bonchev–Trinajstić information content (AvgIpc) is 3.37. The average molecular weight is 546 g/mol. The lowest BCUT2D eigenvalue weighted by atomic mass is 10.1. The number of unbranched alkanes of at least 4 members (excludes halogenated alkanes) is 1. The second kappa shape index (κ2) is 14.0. The van der Waals surface area contributed by atoms with Crippen LogP contribution in [0.15, 0.2) is 48.5 Å². The molecule has 3 rings (SSSR count). The molecule has 2 aromatic carbocycles. The SMILES string of the molecule is CCCCNC(=O)C(CC)N(CCc1ccccc1)C(=O)CCCN(c1ccc2c(c1)OCO2)S(C)(=O)=O. The van der Waals surface area contributed by atoms with E-state index in [0.29, 0.717) is 49.5 Å². The minimum Gasteiger partial charge on any atom is -0.454 e. The van der Waals surface area contributed by atoms with Gasteiger partial charge in [-0.05, 0) is 43.4 Å². The quantitative estimate of drug-likeness (QED) is 0.342. The Morgan fingerprint density at radius 3 is 2.42 bits per heavy atom. The van der Waals surface area contributed by atoms with Crippen molar-refractivity contribution < 1.29 is 27.5 Å². The van der Waals surface area contributed by atoms with Crippen molar-refractivity contribution in [2.45, 2.75) is 58.4 Å². The minimum atomic E-state index is -3.60. The van der Waals surface area contributed by atoms with Crippen molar-refractivity contribution in [3.8, 4) is 11.5 Å². The molecular formula is C28H39N3O6S. The van der Waals surface area contributed by atoms with Crippen LogP contribution in [0, 0.1) is 0 Å². The van der Waals surface area contributed by atoms with Gasteiger partial charge in [0.1, 0.15) is 6.04 Å². The van der Waals surface area contributed by atoms with Gasteiger partial charge in [-0.1, -0.05) is 50.6 Å². The lowest BCUT2D eigenvalue weighted by molar-refractivity contribution is -0.140. The largest absolute Gasteiger partial charge is 0.454 e. The van der Waals surface area contributed by atoms with Crippen molar-refractivity contribution in [2.24, 2.45) is 0 Å². The smallest absolute Gasteiger partial charge is 0.242 e. The third-order valence-electron chi connectivity index (χ3n) is 6.50. The maximum absolute atomic E-state index is 13.5. The number of carbonyl (C=O) groups excluding carboxylic acids is 2. The van der Waals surface area contributed by atoms with E-state index in [2.05, 4.69) is 12.2 Å². The summed E-state index contributed by atoms with van der Waals surface area (Å²) in [6, 6.07) is 14.2. The fraction of sp³-hybridized carbons (Fsp3) is 0.500. The number of amides is 2. The molecular weight excluding hydrogens is 506 g/mol. The van der Waals surface area contributed by atoms with E-state index in [0.717, 1.165) is 24.7 Å². The standard InChI is InChI=1S/C28H39N3O6S/c1-4-6-17-29-28(33)24(5-2)30(19-16-22-11-8-7-9-12-22)27(32)13-10-18-31(38(3,34)35)23-14-15-25-26(20-23)37-21-36-25/h7-9,11-12,14-15,20,24H,4-6,10,13,16-19,21H2,1-3H3,(H,29,33). The Kier molecular flexibility index (Phi) is 10.8. The highest BCUT2D eigenvalue weighted by atomic mass is 32.2. The van der Waals surface area contributed by atoms with Crippen LogP contribution in [-0.4, -0.2) is 63.9 Å². The number of rotatable bonds is 15. The summed E-state index contributed by atoms with van der Waals surface area (Å²) < 4.78 is 37.1. The summed E-state index contributed by atoms with van der Waals surface area (Å²) in [5.41, 5.74) is 1.53. The number of sulfonamides is 1. The third-order valence-corrected chi connectivity index (χ3v) is 7.69. The summed E-state index contributed by atoms with van der Waals surface area (Å²) in [5, 5.41) is 2.96. The maximum Gasteiger partial charge on any atom is 0.242 e. The molecule has 1 N–H and O–H groups in total. The summed E-state index contributed by atoms with van der Waals surface area (Å²) in [6.45, 7) is 5.15. The van der Waals surface area contributed by atoms with Gasteiger partial charge in [0.15, 0.2) is 11.5 Å². The molecule has 0 bridgehead atoms. The molecule has 9 nitrogen and oxygen atoms in total. The highest BCUT2D eigenvalue weighted by molar-refractivity contribution is 7.92. The number of nitrogens with zero attached hydrogens (tertiary/aromatic N) is 2. The Balaban J connectivity index is 1.70. The van der Waals surface area contributed by atoms with Crippen molar-refractivity contribution in [3.63, 3.8) is 0 Å². The van der Waals surface area contributed by atoms with Crippen molar-refractivity contribution in [1.29, 1.82) is 0 Å². The number of fused-ring (bicyclic) bond motifs is 1. The molecule has 10 heteroatoms. The van der Waals surface area contributed by atoms with Crippen molar-refractivity contribution in [1.82, 2.24) is 10.2 Å². The molecule has 1 aliphatic rings. The van der Waals surface area contributed by atoms with E-state index < -0.39 is 16.1 Å². The van der Waals surface area contributed by atoms with Gasteiger partial charge in [-0.15, -0.1) is 0 Å². The van der Waals surface area contributed by atoms with Crippen molar-refractivity contribution in [2.75, 3.05) is 37.0 Å². The molecule has 0 spiro atoms. The van der Waals surface area contributed by atoms with Gasteiger partial charge in [-0.3, -0.25) is 13.9 Å². The van der Waals surface area contributed by atoms with Crippen molar-refractivity contribution >= 4 is 27.5 Å². The highest BCUT2D eigenvalue weighted by Crippen LogP contribution is 2.36. The van der Waals surface area contributed by atoms with Crippen LogP contribution in [0.1, 0.15) is 51.5 Å². The fourth-order valence-corrected chi connectivity index (χ4v) is 5.40. The van der Waals surface area contributed by atoms with E-state index >= 15 is 0 Å². The Bertz CT molecular complexity index is 1170. The zero-order valence-corrected chi connectivity index (χ0v) is 23.3. The summed E-state index contributed by atoms with van der Waals surface area (Å²) >= 11 is 0. The summed E-state index contributed by atoms with van der Waals surface area (Å²) in [5.74, 6) is 0.728. The van der Waals surface area contributed by atoms with Gasteiger partial charge in [0.2, 0.25) is 28.6 Å². The lowest BCUT2D eigenvalue weighted by Gasteiger charge is -2.31. The van der Waals surface area contributed by atoms with Crippen LogP contribution in [-0.2, 0) is 26.0 Å². The topological polar surface area (TPSA) is 105 Å². The molecule has 2 aromatic rings. The molecule has 0 radical (unpaired) electrons. The number of hydrogen-bond donors (Lipinski definition) is 1. The number of nitrogens with one attached hydrogen (secondary N) is 1. The zero-order valence-electron chi connectivity index (χ0n) is 22.5. The molecule has 0 aromatic heterocycles. The first-order valence-electron chi connectivity index (χ1n) is 13.2. The predicted molar refractivity (Wildman–Crippen MR) is 148 cm³/mol. The first-order valence-corrected chi connectivity index (χ1v) is 15.1. The van der Waals surface area contributed by atoms with Crippen LogP contribution in [0.3, 0.4) is 0 Å². The molecule has 0 fully saturated rings. The van der Waals surface area contributed by atoms with E-state index in [1.54, 1.807) is 23.1 Å². The molecule has 1 aliphatic heterocycles. The number of carbonyl (C=O) groups is 2. The van der Waals surface area contributed by atoms with Crippen LogP contribution in [0.4, 0.5) is 5.69 Å². The van der Waals surface area contributed by atoms with Crippen LogP contribution < -0.4 is 19.1 Å². The number of benzene rings is 2.